The first-order chi connectivity index (χ1) is 6.83. The van der Waals surface area contributed by atoms with Crippen LogP contribution in [0.5, 0.6) is 5.75 Å². The SMILES string of the molecule is NCc1nc(Cl)cc(Br)c1OC(F)(F)F. The first-order valence-corrected chi connectivity index (χ1v) is 4.81. The zero-order valence-corrected chi connectivity index (χ0v) is 9.45. The summed E-state index contributed by atoms with van der Waals surface area (Å²) in [6.45, 7) is -0.204. The second-order valence-electron chi connectivity index (χ2n) is 2.45. The second kappa shape index (κ2) is 4.54. The lowest BCUT2D eigenvalue weighted by molar-refractivity contribution is -0.275. The van der Waals surface area contributed by atoms with Gasteiger partial charge in [-0.25, -0.2) is 4.98 Å². The van der Waals surface area contributed by atoms with Crippen molar-refractivity contribution >= 4 is 27.5 Å². The van der Waals surface area contributed by atoms with Gasteiger partial charge in [-0.3, -0.25) is 0 Å². The van der Waals surface area contributed by atoms with E-state index in [9.17, 15) is 13.2 Å². The van der Waals surface area contributed by atoms with Gasteiger partial charge in [0.25, 0.3) is 0 Å². The van der Waals surface area contributed by atoms with Gasteiger partial charge in [0.15, 0.2) is 5.75 Å². The van der Waals surface area contributed by atoms with Crippen molar-refractivity contribution in [2.24, 2.45) is 5.73 Å². The van der Waals surface area contributed by atoms with Crippen LogP contribution in [0.25, 0.3) is 0 Å². The number of ether oxygens (including phenoxy) is 1. The fraction of sp³-hybridized carbons (Fsp3) is 0.286. The van der Waals surface area contributed by atoms with Crippen molar-refractivity contribution < 1.29 is 17.9 Å². The van der Waals surface area contributed by atoms with E-state index in [0.29, 0.717) is 0 Å². The maximum absolute atomic E-state index is 12.0. The molecule has 3 nitrogen and oxygen atoms in total. The van der Waals surface area contributed by atoms with Crippen molar-refractivity contribution in [2.75, 3.05) is 0 Å². The van der Waals surface area contributed by atoms with Gasteiger partial charge in [-0.2, -0.15) is 0 Å². The molecule has 2 N–H and O–H groups in total. The van der Waals surface area contributed by atoms with E-state index in [2.05, 4.69) is 25.7 Å². The summed E-state index contributed by atoms with van der Waals surface area (Å²) >= 11 is 8.43. The Morgan fingerprint density at radius 3 is 2.60 bits per heavy atom. The van der Waals surface area contributed by atoms with Gasteiger partial charge >= 0.3 is 6.36 Å². The van der Waals surface area contributed by atoms with Gasteiger partial charge in [-0.05, 0) is 22.0 Å². The van der Waals surface area contributed by atoms with Crippen LogP contribution in [-0.4, -0.2) is 11.3 Å². The topological polar surface area (TPSA) is 48.1 Å². The maximum atomic E-state index is 12.0. The van der Waals surface area contributed by atoms with Crippen LogP contribution in [0.4, 0.5) is 13.2 Å². The van der Waals surface area contributed by atoms with Crippen LogP contribution in [0, 0.1) is 0 Å². The van der Waals surface area contributed by atoms with Crippen molar-refractivity contribution in [3.8, 4) is 5.75 Å². The highest BCUT2D eigenvalue weighted by atomic mass is 79.9. The van der Waals surface area contributed by atoms with E-state index in [-0.39, 0.29) is 21.9 Å². The lowest BCUT2D eigenvalue weighted by Gasteiger charge is -2.13. The first-order valence-electron chi connectivity index (χ1n) is 3.64. The number of hydrogen-bond acceptors (Lipinski definition) is 3. The summed E-state index contributed by atoms with van der Waals surface area (Å²) < 4.78 is 39.8. The molecule has 0 spiro atoms. The second-order valence-corrected chi connectivity index (χ2v) is 3.70. The summed E-state index contributed by atoms with van der Waals surface area (Å²) in [6.07, 6.45) is -4.79. The smallest absolute Gasteiger partial charge is 0.403 e. The van der Waals surface area contributed by atoms with Gasteiger partial charge in [0.2, 0.25) is 0 Å². The number of hydrogen-bond donors (Lipinski definition) is 1. The van der Waals surface area contributed by atoms with E-state index in [1.807, 2.05) is 0 Å². The highest BCUT2D eigenvalue weighted by molar-refractivity contribution is 9.10. The number of nitrogens with two attached hydrogens (primary N) is 1. The van der Waals surface area contributed by atoms with E-state index in [4.69, 9.17) is 17.3 Å². The Balaban J connectivity index is 3.15. The van der Waals surface area contributed by atoms with E-state index in [0.717, 1.165) is 0 Å². The molecule has 8 heteroatoms. The third-order valence-corrected chi connectivity index (χ3v) is 2.16. The summed E-state index contributed by atoms with van der Waals surface area (Å²) in [5, 5.41) is 0.0387. The molecule has 0 aliphatic rings. The zero-order chi connectivity index (χ0) is 11.6. The molecule has 0 radical (unpaired) electrons. The number of alkyl halides is 3. The number of pyridine rings is 1. The normalized spacial score (nSPS) is 11.6. The molecule has 0 atom stereocenters. The van der Waals surface area contributed by atoms with E-state index in [1.54, 1.807) is 0 Å². The van der Waals surface area contributed by atoms with Crippen LogP contribution >= 0.6 is 27.5 Å². The van der Waals surface area contributed by atoms with Gasteiger partial charge in [-0.15, -0.1) is 13.2 Å². The molecule has 0 unspecified atom stereocenters. The Bertz CT molecular complexity index is 372. The van der Waals surface area contributed by atoms with Crippen molar-refractivity contribution in [2.45, 2.75) is 12.9 Å². The largest absolute Gasteiger partial charge is 0.573 e. The van der Waals surface area contributed by atoms with Gasteiger partial charge in [-0.1, -0.05) is 11.6 Å². The predicted octanol–water partition coefficient (Wildman–Crippen LogP) is 2.85. The molecule has 0 aliphatic heterocycles. The third kappa shape index (κ3) is 3.51. The van der Waals surface area contributed by atoms with Crippen LogP contribution in [0.3, 0.4) is 0 Å². The monoisotopic (exact) mass is 304 g/mol. The van der Waals surface area contributed by atoms with Gasteiger partial charge in [0.05, 0.1) is 10.2 Å². The summed E-state index contributed by atoms with van der Waals surface area (Å²) in [4.78, 5) is 3.62. The average Bonchev–Trinajstić information content (AvgIpc) is 2.07. The maximum Gasteiger partial charge on any atom is 0.573 e. The van der Waals surface area contributed by atoms with E-state index in [1.165, 1.54) is 6.07 Å². The third-order valence-electron chi connectivity index (χ3n) is 1.38. The summed E-state index contributed by atoms with van der Waals surface area (Å²) in [7, 11) is 0. The molecule has 1 heterocycles. The highest BCUT2D eigenvalue weighted by Crippen LogP contribution is 2.34. The molecule has 0 fully saturated rings. The van der Waals surface area contributed by atoms with Crippen molar-refractivity contribution in [1.82, 2.24) is 4.98 Å². The van der Waals surface area contributed by atoms with Crippen LogP contribution < -0.4 is 10.5 Å². The number of aromatic nitrogens is 1. The van der Waals surface area contributed by atoms with Gasteiger partial charge < -0.3 is 10.5 Å². The zero-order valence-electron chi connectivity index (χ0n) is 7.11. The summed E-state index contributed by atoms with van der Waals surface area (Å²) in [6, 6.07) is 1.20. The van der Waals surface area contributed by atoms with E-state index >= 15 is 0 Å². The molecule has 0 saturated heterocycles. The molecule has 15 heavy (non-hydrogen) atoms. The lowest BCUT2D eigenvalue weighted by atomic mass is 10.3. The molecule has 0 saturated carbocycles. The van der Waals surface area contributed by atoms with Crippen LogP contribution in [-0.2, 0) is 6.54 Å². The molecule has 0 aromatic carbocycles. The average molecular weight is 305 g/mol. The standard InChI is InChI=1S/C7H5BrClF3N2O/c8-3-1-5(9)14-4(2-13)6(3)15-7(10,11)12/h1H,2,13H2. The van der Waals surface area contributed by atoms with Crippen molar-refractivity contribution in [3.05, 3.63) is 21.4 Å². The molecule has 0 bridgehead atoms. The Kier molecular flexibility index (Phi) is 3.80. The molecular weight excluding hydrogens is 300 g/mol. The van der Waals surface area contributed by atoms with Crippen LogP contribution in [0.15, 0.2) is 10.5 Å². The molecule has 0 amide bonds. The van der Waals surface area contributed by atoms with Crippen LogP contribution in [0.1, 0.15) is 5.69 Å². The quantitative estimate of drug-likeness (QED) is 0.855. The van der Waals surface area contributed by atoms with Crippen molar-refractivity contribution in [3.63, 3.8) is 0 Å². The Morgan fingerprint density at radius 1 is 1.53 bits per heavy atom. The Labute approximate surface area is 96.5 Å². The minimum absolute atomic E-state index is 0.0387. The number of halogens is 5. The Morgan fingerprint density at radius 2 is 2.13 bits per heavy atom. The minimum Gasteiger partial charge on any atom is -0.403 e. The molecule has 1 aromatic heterocycles. The lowest BCUT2D eigenvalue weighted by Crippen LogP contribution is -2.19. The van der Waals surface area contributed by atoms with Gasteiger partial charge in [0.1, 0.15) is 5.15 Å². The molecule has 0 aliphatic carbocycles. The Hall–Kier alpha value is -0.530. The highest BCUT2D eigenvalue weighted by Gasteiger charge is 2.33. The molecule has 1 rings (SSSR count). The molecule has 84 valence electrons. The minimum atomic E-state index is -4.79. The van der Waals surface area contributed by atoms with E-state index < -0.39 is 12.1 Å². The predicted molar refractivity (Wildman–Crippen MR) is 51.5 cm³/mol. The van der Waals surface area contributed by atoms with Gasteiger partial charge in [0, 0.05) is 6.54 Å². The van der Waals surface area contributed by atoms with Crippen LogP contribution in [0.2, 0.25) is 5.15 Å². The molecule has 1 aromatic rings. The van der Waals surface area contributed by atoms with Crippen molar-refractivity contribution in [1.29, 1.82) is 0 Å². The summed E-state index contributed by atoms with van der Waals surface area (Å²) in [5.74, 6) is -0.464. The number of nitrogens with zero attached hydrogens (tertiary/aromatic N) is 1. The fourth-order valence-corrected chi connectivity index (χ4v) is 1.75. The first kappa shape index (κ1) is 12.5. The molecular formula is C7H5BrClF3N2O. The summed E-state index contributed by atoms with van der Waals surface area (Å²) in [5.41, 5.74) is 5.15. The number of rotatable bonds is 2. The fourth-order valence-electron chi connectivity index (χ4n) is 0.882.